The summed E-state index contributed by atoms with van der Waals surface area (Å²) < 4.78 is 18.4. The highest BCUT2D eigenvalue weighted by Gasteiger charge is 2.35. The molecule has 0 bridgehead atoms. The highest BCUT2D eigenvalue weighted by Crippen LogP contribution is 2.36. The SMILES string of the molecule is COCCn1nc(C2CCCCN2C(=O)c2ccc(OC)cc2C)c2c1CCOC2. The molecule has 3 heterocycles. The lowest BCUT2D eigenvalue weighted by Crippen LogP contribution is -2.39. The van der Waals surface area contributed by atoms with Gasteiger partial charge in [-0.05, 0) is 49.9 Å². The van der Waals surface area contributed by atoms with E-state index >= 15 is 0 Å². The van der Waals surface area contributed by atoms with Crippen molar-refractivity contribution in [2.24, 2.45) is 0 Å². The third-order valence-corrected chi connectivity index (χ3v) is 6.18. The third-order valence-electron chi connectivity index (χ3n) is 6.18. The fraction of sp³-hybridized carbons (Fsp3) is 0.565. The van der Waals surface area contributed by atoms with Crippen LogP contribution in [0.2, 0.25) is 0 Å². The van der Waals surface area contributed by atoms with Gasteiger partial charge in [-0.25, -0.2) is 0 Å². The first-order valence-corrected chi connectivity index (χ1v) is 10.7. The number of carbonyl (C=O) groups excluding carboxylic acids is 1. The minimum absolute atomic E-state index is 0.0213. The van der Waals surface area contributed by atoms with Crippen molar-refractivity contribution in [3.05, 3.63) is 46.3 Å². The number of piperidine rings is 1. The zero-order valence-electron chi connectivity index (χ0n) is 18.1. The standard InChI is InChI=1S/C23H31N3O4/c1-16-14-17(29-3)7-8-18(16)23(27)25-10-5-4-6-21(25)22-19-15-30-12-9-20(19)26(24-22)11-13-28-2/h7-8,14,21H,4-6,9-13,15H2,1-3H3. The largest absolute Gasteiger partial charge is 0.497 e. The van der Waals surface area contributed by atoms with Crippen molar-refractivity contribution in [3.8, 4) is 5.75 Å². The zero-order valence-corrected chi connectivity index (χ0v) is 18.1. The summed E-state index contributed by atoms with van der Waals surface area (Å²) in [6.45, 7) is 5.32. The molecule has 1 amide bonds. The van der Waals surface area contributed by atoms with Gasteiger partial charge in [0.05, 0.1) is 45.2 Å². The maximum Gasteiger partial charge on any atom is 0.254 e. The number of ether oxygens (including phenoxy) is 3. The zero-order chi connectivity index (χ0) is 21.1. The number of aryl methyl sites for hydroxylation is 1. The number of aromatic nitrogens is 2. The summed E-state index contributed by atoms with van der Waals surface area (Å²) in [6.07, 6.45) is 3.89. The molecule has 1 aromatic heterocycles. The summed E-state index contributed by atoms with van der Waals surface area (Å²) in [5.41, 5.74) is 5.05. The molecule has 0 aliphatic carbocycles. The maximum absolute atomic E-state index is 13.6. The lowest BCUT2D eigenvalue weighted by molar-refractivity contribution is 0.0595. The van der Waals surface area contributed by atoms with Gasteiger partial charge in [0.25, 0.3) is 5.91 Å². The number of carbonyl (C=O) groups is 1. The van der Waals surface area contributed by atoms with E-state index in [1.807, 2.05) is 30.0 Å². The van der Waals surface area contributed by atoms with Crippen LogP contribution >= 0.6 is 0 Å². The van der Waals surface area contributed by atoms with E-state index in [-0.39, 0.29) is 11.9 Å². The molecular weight excluding hydrogens is 382 g/mol. The van der Waals surface area contributed by atoms with E-state index in [4.69, 9.17) is 19.3 Å². The van der Waals surface area contributed by atoms with Crippen LogP contribution in [0.4, 0.5) is 0 Å². The second kappa shape index (κ2) is 9.18. The first-order chi connectivity index (χ1) is 14.6. The molecule has 0 spiro atoms. The van der Waals surface area contributed by atoms with E-state index < -0.39 is 0 Å². The minimum atomic E-state index is -0.0213. The number of hydrogen-bond acceptors (Lipinski definition) is 5. The molecule has 1 aromatic carbocycles. The van der Waals surface area contributed by atoms with Gasteiger partial charge in [-0.3, -0.25) is 9.48 Å². The molecular formula is C23H31N3O4. The Morgan fingerprint density at radius 1 is 1.30 bits per heavy atom. The molecule has 0 radical (unpaired) electrons. The van der Waals surface area contributed by atoms with Crippen LogP contribution in [0, 0.1) is 6.92 Å². The van der Waals surface area contributed by atoms with E-state index in [9.17, 15) is 4.79 Å². The Kier molecular flexibility index (Phi) is 6.39. The number of methoxy groups -OCH3 is 2. The average molecular weight is 414 g/mol. The smallest absolute Gasteiger partial charge is 0.254 e. The van der Waals surface area contributed by atoms with E-state index in [0.29, 0.717) is 19.8 Å². The van der Waals surface area contributed by atoms with E-state index in [1.165, 1.54) is 5.69 Å². The van der Waals surface area contributed by atoms with Crippen LogP contribution < -0.4 is 4.74 Å². The molecule has 0 N–H and O–H groups in total. The Morgan fingerprint density at radius 3 is 2.93 bits per heavy atom. The van der Waals surface area contributed by atoms with Crippen molar-refractivity contribution < 1.29 is 19.0 Å². The van der Waals surface area contributed by atoms with Crippen LogP contribution in [-0.2, 0) is 29.0 Å². The number of benzene rings is 1. The Bertz CT molecular complexity index is 908. The van der Waals surface area contributed by atoms with Gasteiger partial charge in [0.1, 0.15) is 5.75 Å². The van der Waals surface area contributed by atoms with Crippen molar-refractivity contribution in [2.45, 2.75) is 51.8 Å². The van der Waals surface area contributed by atoms with E-state index in [1.54, 1.807) is 14.2 Å². The molecule has 162 valence electrons. The molecule has 2 aromatic rings. The molecule has 7 nitrogen and oxygen atoms in total. The number of likely N-dealkylation sites (tertiary alicyclic amines) is 1. The van der Waals surface area contributed by atoms with Gasteiger partial charge in [-0.15, -0.1) is 0 Å². The molecule has 0 saturated carbocycles. The monoisotopic (exact) mass is 413 g/mol. The molecule has 2 aliphatic heterocycles. The van der Waals surface area contributed by atoms with E-state index in [0.717, 1.165) is 66.9 Å². The average Bonchev–Trinajstić information content (AvgIpc) is 3.15. The maximum atomic E-state index is 13.6. The van der Waals surface area contributed by atoms with Crippen molar-refractivity contribution in [3.63, 3.8) is 0 Å². The summed E-state index contributed by atoms with van der Waals surface area (Å²) in [4.78, 5) is 15.6. The predicted octanol–water partition coefficient (Wildman–Crippen LogP) is 3.29. The third kappa shape index (κ3) is 3.96. The first-order valence-electron chi connectivity index (χ1n) is 10.7. The molecule has 1 atom stereocenters. The number of hydrogen-bond donors (Lipinski definition) is 0. The van der Waals surface area contributed by atoms with Gasteiger partial charge in [0.15, 0.2) is 0 Å². The van der Waals surface area contributed by atoms with Crippen LogP contribution in [0.25, 0.3) is 0 Å². The van der Waals surface area contributed by atoms with E-state index in [2.05, 4.69) is 4.68 Å². The van der Waals surface area contributed by atoms with Crippen molar-refractivity contribution in [2.75, 3.05) is 34.0 Å². The van der Waals surface area contributed by atoms with Crippen molar-refractivity contribution in [1.29, 1.82) is 0 Å². The summed E-state index contributed by atoms with van der Waals surface area (Å²) >= 11 is 0. The van der Waals surface area contributed by atoms with Gasteiger partial charge in [-0.2, -0.15) is 5.10 Å². The van der Waals surface area contributed by atoms with Crippen LogP contribution in [0.15, 0.2) is 18.2 Å². The Balaban J connectivity index is 1.67. The highest BCUT2D eigenvalue weighted by atomic mass is 16.5. The normalized spacial score (nSPS) is 18.9. The molecule has 1 unspecified atom stereocenters. The number of fused-ring (bicyclic) bond motifs is 1. The summed E-state index contributed by atoms with van der Waals surface area (Å²) in [6, 6.07) is 5.63. The first kappa shape index (κ1) is 20.9. The molecule has 7 heteroatoms. The second-order valence-corrected chi connectivity index (χ2v) is 8.02. The highest BCUT2D eigenvalue weighted by molar-refractivity contribution is 5.96. The summed E-state index contributed by atoms with van der Waals surface area (Å²) in [5, 5.41) is 4.97. The Hall–Kier alpha value is -2.38. The molecule has 1 fully saturated rings. The molecule has 2 aliphatic rings. The number of nitrogens with zero attached hydrogens (tertiary/aromatic N) is 3. The fourth-order valence-corrected chi connectivity index (χ4v) is 4.58. The fourth-order valence-electron chi connectivity index (χ4n) is 4.58. The van der Waals surface area contributed by atoms with Crippen molar-refractivity contribution in [1.82, 2.24) is 14.7 Å². The lowest BCUT2D eigenvalue weighted by Gasteiger charge is -2.36. The lowest BCUT2D eigenvalue weighted by atomic mass is 9.94. The van der Waals surface area contributed by atoms with Crippen molar-refractivity contribution >= 4 is 5.91 Å². The molecule has 30 heavy (non-hydrogen) atoms. The Labute approximate surface area is 177 Å². The quantitative estimate of drug-likeness (QED) is 0.727. The van der Waals surface area contributed by atoms with Gasteiger partial charge >= 0.3 is 0 Å². The van der Waals surface area contributed by atoms with Gasteiger partial charge in [0, 0.05) is 36.9 Å². The minimum Gasteiger partial charge on any atom is -0.497 e. The van der Waals surface area contributed by atoms with Crippen LogP contribution in [0.1, 0.15) is 58.2 Å². The van der Waals surface area contributed by atoms with Crippen LogP contribution in [0.3, 0.4) is 0 Å². The number of amides is 1. The molecule has 1 saturated heterocycles. The van der Waals surface area contributed by atoms with Gasteiger partial charge < -0.3 is 19.1 Å². The van der Waals surface area contributed by atoms with Gasteiger partial charge in [-0.1, -0.05) is 0 Å². The van der Waals surface area contributed by atoms with Crippen LogP contribution in [0.5, 0.6) is 5.75 Å². The summed E-state index contributed by atoms with van der Waals surface area (Å²) in [7, 11) is 3.35. The Morgan fingerprint density at radius 2 is 2.17 bits per heavy atom. The molecule has 4 rings (SSSR count). The summed E-state index contributed by atoms with van der Waals surface area (Å²) in [5.74, 6) is 0.833. The topological polar surface area (TPSA) is 65.8 Å². The van der Waals surface area contributed by atoms with Crippen LogP contribution in [-0.4, -0.2) is 54.6 Å². The number of rotatable bonds is 6. The predicted molar refractivity (Wildman–Crippen MR) is 113 cm³/mol. The van der Waals surface area contributed by atoms with Gasteiger partial charge in [0.2, 0.25) is 0 Å². The second-order valence-electron chi connectivity index (χ2n) is 8.02.